The number of ether oxygens (including phenoxy) is 1. The fourth-order valence-electron chi connectivity index (χ4n) is 3.66. The molecule has 1 N–H and O–H groups in total. The maximum Gasteiger partial charge on any atom is 0.331 e. The van der Waals surface area contributed by atoms with Gasteiger partial charge in [-0.05, 0) is 50.5 Å². The van der Waals surface area contributed by atoms with Crippen molar-refractivity contribution >= 4 is 17.8 Å². The van der Waals surface area contributed by atoms with E-state index < -0.39 is 5.54 Å². The Labute approximate surface area is 143 Å². The van der Waals surface area contributed by atoms with E-state index in [1.165, 1.54) is 13.2 Å². The number of carbonyl (C=O) groups excluding carboxylic acids is 3. The summed E-state index contributed by atoms with van der Waals surface area (Å²) in [5.74, 6) is -0.142. The Bertz CT molecular complexity index is 501. The molecular weight excluding hydrogens is 308 g/mol. The number of hydrogen-bond acceptors (Lipinski definition) is 4. The third kappa shape index (κ3) is 3.97. The van der Waals surface area contributed by atoms with Crippen molar-refractivity contribution < 1.29 is 19.1 Å². The van der Waals surface area contributed by atoms with Crippen molar-refractivity contribution in [3.8, 4) is 0 Å². The summed E-state index contributed by atoms with van der Waals surface area (Å²) in [6, 6.07) is 0. The molecule has 1 aliphatic carbocycles. The highest BCUT2D eigenvalue weighted by molar-refractivity contribution is 5.90. The van der Waals surface area contributed by atoms with E-state index in [1.54, 1.807) is 4.90 Å². The topological polar surface area (TPSA) is 75.7 Å². The van der Waals surface area contributed by atoms with Crippen molar-refractivity contribution in [1.29, 1.82) is 0 Å². The summed E-state index contributed by atoms with van der Waals surface area (Å²) in [6.07, 6.45) is 5.58. The molecule has 0 aromatic carbocycles. The molecule has 6 heteroatoms. The minimum Gasteiger partial charge on any atom is -0.467 e. The lowest BCUT2D eigenvalue weighted by Gasteiger charge is -2.39. The summed E-state index contributed by atoms with van der Waals surface area (Å²) < 4.78 is 4.96. The van der Waals surface area contributed by atoms with Crippen molar-refractivity contribution in [3.63, 3.8) is 0 Å². The van der Waals surface area contributed by atoms with Gasteiger partial charge in [0.05, 0.1) is 7.11 Å². The van der Waals surface area contributed by atoms with E-state index >= 15 is 0 Å². The van der Waals surface area contributed by atoms with Gasteiger partial charge in [-0.3, -0.25) is 9.59 Å². The summed E-state index contributed by atoms with van der Waals surface area (Å²) >= 11 is 0. The first-order chi connectivity index (χ1) is 11.4. The average molecular weight is 336 g/mol. The molecule has 6 nitrogen and oxygen atoms in total. The first-order valence-electron chi connectivity index (χ1n) is 8.73. The molecule has 2 amide bonds. The zero-order chi connectivity index (χ0) is 17.7. The molecular formula is C18H28N2O4. The van der Waals surface area contributed by atoms with E-state index in [1.807, 2.05) is 0 Å². The Kier molecular flexibility index (Phi) is 6.02. The number of carbonyl (C=O) groups is 3. The molecule has 1 heterocycles. The molecule has 1 saturated heterocycles. The fraction of sp³-hybridized carbons (Fsp3) is 0.722. The van der Waals surface area contributed by atoms with Gasteiger partial charge in [-0.1, -0.05) is 13.5 Å². The third-order valence-electron chi connectivity index (χ3n) is 5.42. The van der Waals surface area contributed by atoms with Gasteiger partial charge in [0.2, 0.25) is 11.8 Å². The molecule has 0 radical (unpaired) electrons. The number of amides is 2. The number of esters is 1. The van der Waals surface area contributed by atoms with E-state index in [0.717, 1.165) is 12.8 Å². The fourth-order valence-corrected chi connectivity index (χ4v) is 3.66. The maximum absolute atomic E-state index is 12.7. The zero-order valence-corrected chi connectivity index (χ0v) is 14.7. The first kappa shape index (κ1) is 18.5. The van der Waals surface area contributed by atoms with Crippen molar-refractivity contribution in [2.75, 3.05) is 20.2 Å². The van der Waals surface area contributed by atoms with Gasteiger partial charge in [0, 0.05) is 19.0 Å². The van der Waals surface area contributed by atoms with Crippen molar-refractivity contribution in [2.24, 2.45) is 11.8 Å². The van der Waals surface area contributed by atoms with Gasteiger partial charge in [-0.25, -0.2) is 4.79 Å². The number of likely N-dealkylation sites (tertiary alicyclic amines) is 1. The van der Waals surface area contributed by atoms with Crippen LogP contribution in [0.25, 0.3) is 0 Å². The smallest absolute Gasteiger partial charge is 0.331 e. The summed E-state index contributed by atoms with van der Waals surface area (Å²) in [7, 11) is 1.37. The number of methoxy groups -OCH3 is 1. The quantitative estimate of drug-likeness (QED) is 0.626. The molecule has 1 aliphatic heterocycles. The predicted octanol–water partition coefficient (Wildman–Crippen LogP) is 1.65. The molecule has 0 bridgehead atoms. The Morgan fingerprint density at radius 1 is 1.17 bits per heavy atom. The molecule has 2 fully saturated rings. The van der Waals surface area contributed by atoms with Crippen LogP contribution in [0.5, 0.6) is 0 Å². The first-order valence-corrected chi connectivity index (χ1v) is 8.73. The van der Waals surface area contributed by atoms with Gasteiger partial charge < -0.3 is 15.0 Å². The lowest BCUT2D eigenvalue weighted by atomic mass is 9.76. The van der Waals surface area contributed by atoms with Crippen LogP contribution in [0.3, 0.4) is 0 Å². The molecule has 1 saturated carbocycles. The van der Waals surface area contributed by atoms with Crippen molar-refractivity contribution in [3.05, 3.63) is 12.7 Å². The van der Waals surface area contributed by atoms with Gasteiger partial charge in [-0.2, -0.15) is 0 Å². The number of rotatable bonds is 4. The molecule has 0 aromatic rings. The molecule has 0 spiro atoms. The van der Waals surface area contributed by atoms with Crippen LogP contribution in [0.4, 0.5) is 0 Å². The van der Waals surface area contributed by atoms with Crippen LogP contribution >= 0.6 is 0 Å². The maximum atomic E-state index is 12.7. The Morgan fingerprint density at radius 3 is 2.25 bits per heavy atom. The van der Waals surface area contributed by atoms with E-state index in [0.29, 0.717) is 44.7 Å². The third-order valence-corrected chi connectivity index (χ3v) is 5.42. The number of hydrogen-bond donors (Lipinski definition) is 1. The van der Waals surface area contributed by atoms with Crippen LogP contribution in [0.15, 0.2) is 12.7 Å². The summed E-state index contributed by atoms with van der Waals surface area (Å²) in [5, 5.41) is 2.99. The molecule has 0 aromatic heterocycles. The van der Waals surface area contributed by atoms with Gasteiger partial charge in [0.15, 0.2) is 0 Å². The van der Waals surface area contributed by atoms with Crippen molar-refractivity contribution in [2.45, 2.75) is 51.0 Å². The lowest BCUT2D eigenvalue weighted by molar-refractivity contribution is -0.154. The minimum atomic E-state index is -0.883. The number of nitrogens with one attached hydrogen (secondary N) is 1. The Balaban J connectivity index is 1.98. The van der Waals surface area contributed by atoms with E-state index in [-0.39, 0.29) is 23.7 Å². The minimum absolute atomic E-state index is 0.0962. The van der Waals surface area contributed by atoms with E-state index in [4.69, 9.17) is 4.74 Å². The highest BCUT2D eigenvalue weighted by Crippen LogP contribution is 2.33. The summed E-state index contributed by atoms with van der Waals surface area (Å²) in [6.45, 7) is 6.75. The molecule has 2 rings (SSSR count). The van der Waals surface area contributed by atoms with Gasteiger partial charge in [0.1, 0.15) is 5.54 Å². The normalized spacial score (nSPS) is 28.1. The molecule has 24 heavy (non-hydrogen) atoms. The van der Waals surface area contributed by atoms with Crippen LogP contribution in [-0.4, -0.2) is 48.4 Å². The van der Waals surface area contributed by atoms with Gasteiger partial charge >= 0.3 is 5.97 Å². The van der Waals surface area contributed by atoms with Gasteiger partial charge in [-0.15, -0.1) is 0 Å². The van der Waals surface area contributed by atoms with Crippen LogP contribution < -0.4 is 5.32 Å². The standard InChI is InChI=1S/C18H28N2O4/c1-4-15(21)20-11-7-14(8-12-20)16(22)19-18(17(23)24-3)9-5-13(2)6-10-18/h4,13-14H,1,5-12H2,2-3H3,(H,19,22). The Morgan fingerprint density at radius 2 is 1.75 bits per heavy atom. The molecule has 0 atom stereocenters. The largest absolute Gasteiger partial charge is 0.467 e. The second-order valence-corrected chi connectivity index (χ2v) is 7.05. The summed E-state index contributed by atoms with van der Waals surface area (Å²) in [5.41, 5.74) is -0.883. The van der Waals surface area contributed by atoms with Crippen LogP contribution in [-0.2, 0) is 19.1 Å². The van der Waals surface area contributed by atoms with Crippen LogP contribution in [0.2, 0.25) is 0 Å². The van der Waals surface area contributed by atoms with E-state index in [9.17, 15) is 14.4 Å². The monoisotopic (exact) mass is 336 g/mol. The van der Waals surface area contributed by atoms with E-state index in [2.05, 4.69) is 18.8 Å². The highest BCUT2D eigenvalue weighted by atomic mass is 16.5. The number of piperidine rings is 1. The van der Waals surface area contributed by atoms with Crippen molar-refractivity contribution in [1.82, 2.24) is 10.2 Å². The molecule has 134 valence electrons. The molecule has 0 unspecified atom stereocenters. The van der Waals surface area contributed by atoms with Crippen LogP contribution in [0.1, 0.15) is 45.4 Å². The average Bonchev–Trinajstić information content (AvgIpc) is 2.62. The highest BCUT2D eigenvalue weighted by Gasteiger charge is 2.44. The van der Waals surface area contributed by atoms with Gasteiger partial charge in [0.25, 0.3) is 0 Å². The summed E-state index contributed by atoms with van der Waals surface area (Å²) in [4.78, 5) is 38.3. The predicted molar refractivity (Wildman–Crippen MR) is 90.0 cm³/mol. The zero-order valence-electron chi connectivity index (χ0n) is 14.7. The Hall–Kier alpha value is -1.85. The van der Waals surface area contributed by atoms with Crippen LogP contribution in [0, 0.1) is 11.8 Å². The second-order valence-electron chi connectivity index (χ2n) is 7.05. The SMILES string of the molecule is C=CC(=O)N1CCC(C(=O)NC2(C(=O)OC)CCC(C)CC2)CC1. The molecule has 2 aliphatic rings. The number of nitrogens with zero attached hydrogens (tertiary/aromatic N) is 1. The lowest BCUT2D eigenvalue weighted by Crippen LogP contribution is -2.58. The second kappa shape index (κ2) is 7.81.